The summed E-state index contributed by atoms with van der Waals surface area (Å²) in [4.78, 5) is 12.2. The molecular weight excluding hydrogens is 378 g/mol. The molecule has 27 heavy (non-hydrogen) atoms. The van der Waals surface area contributed by atoms with Crippen molar-refractivity contribution in [2.45, 2.75) is 11.8 Å². The number of benzene rings is 2. The summed E-state index contributed by atoms with van der Waals surface area (Å²) in [5.41, 5.74) is -0.434. The number of sulfonamides is 1. The van der Waals surface area contributed by atoms with Crippen LogP contribution in [0.1, 0.15) is 12.5 Å². The van der Waals surface area contributed by atoms with Gasteiger partial charge in [-0.1, -0.05) is 0 Å². The molecule has 2 N–H and O–H groups in total. The molecule has 0 radical (unpaired) electrons. The van der Waals surface area contributed by atoms with Crippen LogP contribution in [-0.4, -0.2) is 38.4 Å². The molecule has 2 rings (SSSR count). The Morgan fingerprint density at radius 3 is 2.52 bits per heavy atom. The predicted molar refractivity (Wildman–Crippen MR) is 96.8 cm³/mol. The molecule has 0 amide bonds. The van der Waals surface area contributed by atoms with Gasteiger partial charge in [-0.2, -0.15) is 13.5 Å². The zero-order chi connectivity index (χ0) is 20.0. The minimum atomic E-state index is -3.97. The summed E-state index contributed by atoms with van der Waals surface area (Å²) in [5.74, 6) is -0.0271. The second kappa shape index (κ2) is 8.36. The van der Waals surface area contributed by atoms with E-state index < -0.39 is 20.7 Å². The fraction of sp³-hybridized carbons (Fsp3) is 0.188. The summed E-state index contributed by atoms with van der Waals surface area (Å²) in [6.07, 6.45) is 0.941. The zero-order valence-electron chi connectivity index (χ0n) is 14.4. The average Bonchev–Trinajstić information content (AvgIpc) is 2.63. The Labute approximate surface area is 155 Å². The van der Waals surface area contributed by atoms with Crippen molar-refractivity contribution in [3.05, 3.63) is 52.1 Å². The smallest absolute Gasteiger partial charge is 0.276 e. The van der Waals surface area contributed by atoms with Crippen molar-refractivity contribution >= 4 is 21.9 Å². The maximum atomic E-state index is 12.2. The maximum absolute atomic E-state index is 12.2. The number of phenolic OH excluding ortho intramolecular Hbond substituents is 1. The Morgan fingerprint density at radius 2 is 1.96 bits per heavy atom. The van der Waals surface area contributed by atoms with Crippen LogP contribution in [0.25, 0.3) is 0 Å². The van der Waals surface area contributed by atoms with Gasteiger partial charge in [0.2, 0.25) is 0 Å². The summed E-state index contributed by atoms with van der Waals surface area (Å²) in [6, 6.07) is 7.76. The van der Waals surface area contributed by atoms with E-state index in [2.05, 4.69) is 5.10 Å². The Morgan fingerprint density at radius 1 is 1.30 bits per heavy atom. The highest BCUT2D eigenvalue weighted by Crippen LogP contribution is 2.33. The number of phenols is 1. The number of aromatic hydroxyl groups is 1. The van der Waals surface area contributed by atoms with Crippen molar-refractivity contribution in [3.8, 4) is 17.2 Å². The number of hydrogen-bond acceptors (Lipinski definition) is 8. The number of non-ortho nitro benzene ring substituents is 1. The Hall–Kier alpha value is -3.34. The van der Waals surface area contributed by atoms with Crippen molar-refractivity contribution in [2.75, 3.05) is 13.7 Å². The molecular formula is C16H17N3O7S. The molecule has 0 bridgehead atoms. The lowest BCUT2D eigenvalue weighted by molar-refractivity contribution is -0.385. The predicted octanol–water partition coefficient (Wildman–Crippen LogP) is 2.02. The normalized spacial score (nSPS) is 11.3. The van der Waals surface area contributed by atoms with Gasteiger partial charge in [0.05, 0.1) is 35.8 Å². The lowest BCUT2D eigenvalue weighted by Gasteiger charge is -2.07. The Kier molecular flexibility index (Phi) is 6.19. The molecule has 0 fully saturated rings. The summed E-state index contributed by atoms with van der Waals surface area (Å²) >= 11 is 0. The lowest BCUT2D eigenvalue weighted by atomic mass is 10.2. The van der Waals surface area contributed by atoms with E-state index in [-0.39, 0.29) is 21.9 Å². The molecule has 0 aliphatic heterocycles. The fourth-order valence-electron chi connectivity index (χ4n) is 2.07. The molecule has 0 unspecified atom stereocenters. The van der Waals surface area contributed by atoms with Crippen molar-refractivity contribution in [2.24, 2.45) is 5.10 Å². The van der Waals surface area contributed by atoms with E-state index >= 15 is 0 Å². The van der Waals surface area contributed by atoms with Gasteiger partial charge in [0.1, 0.15) is 5.75 Å². The molecule has 11 heteroatoms. The zero-order valence-corrected chi connectivity index (χ0v) is 15.3. The number of methoxy groups -OCH3 is 1. The Bertz CT molecular complexity index is 957. The van der Waals surface area contributed by atoms with Gasteiger partial charge >= 0.3 is 0 Å². The van der Waals surface area contributed by atoms with Crippen molar-refractivity contribution in [1.29, 1.82) is 0 Å². The molecule has 0 saturated heterocycles. The van der Waals surface area contributed by atoms with E-state index in [4.69, 9.17) is 9.47 Å². The van der Waals surface area contributed by atoms with E-state index in [1.54, 1.807) is 6.92 Å². The third-order valence-electron chi connectivity index (χ3n) is 3.34. The highest BCUT2D eigenvalue weighted by Gasteiger charge is 2.17. The number of nitro benzene ring substituents is 1. The van der Waals surface area contributed by atoms with Gasteiger partial charge < -0.3 is 14.6 Å². The first-order valence-electron chi connectivity index (χ1n) is 7.61. The van der Waals surface area contributed by atoms with Crippen LogP contribution in [0, 0.1) is 10.1 Å². The molecule has 10 nitrogen and oxygen atoms in total. The average molecular weight is 395 g/mol. The first-order chi connectivity index (χ1) is 12.8. The number of nitrogens with zero attached hydrogens (tertiary/aromatic N) is 2. The first-order valence-corrected chi connectivity index (χ1v) is 9.10. The number of hydrazone groups is 1. The van der Waals surface area contributed by atoms with Gasteiger partial charge in [-0.05, 0) is 31.2 Å². The molecule has 0 aliphatic rings. The Balaban J connectivity index is 2.23. The largest absolute Gasteiger partial charge is 0.504 e. The molecule has 0 heterocycles. The van der Waals surface area contributed by atoms with Crippen LogP contribution in [0.3, 0.4) is 0 Å². The van der Waals surface area contributed by atoms with Gasteiger partial charge in [0.15, 0.2) is 11.5 Å². The van der Waals surface area contributed by atoms with Crippen LogP contribution in [0.2, 0.25) is 0 Å². The van der Waals surface area contributed by atoms with E-state index in [0.29, 0.717) is 12.4 Å². The summed E-state index contributed by atoms with van der Waals surface area (Å²) < 4.78 is 34.5. The number of nitrogens with one attached hydrogen (secondary N) is 1. The number of ether oxygens (including phenoxy) is 2. The van der Waals surface area contributed by atoms with Crippen LogP contribution >= 0.6 is 0 Å². The first kappa shape index (κ1) is 20.0. The van der Waals surface area contributed by atoms with Gasteiger partial charge in [-0.3, -0.25) is 10.1 Å². The fourth-order valence-corrected chi connectivity index (χ4v) is 2.86. The van der Waals surface area contributed by atoms with Crippen LogP contribution < -0.4 is 14.3 Å². The molecule has 0 saturated carbocycles. The third-order valence-corrected chi connectivity index (χ3v) is 4.58. The van der Waals surface area contributed by atoms with Gasteiger partial charge in [-0.25, -0.2) is 4.83 Å². The van der Waals surface area contributed by atoms with E-state index in [1.165, 1.54) is 31.4 Å². The standard InChI is InChI=1S/C16H17N3O7S/c1-3-26-13-4-6-14(7-5-13)27(23,24)18-17-10-11-8-12(19(21)22)9-15(25-2)16(11)20/h4-10,18,20H,3H2,1-2H3/b17-10+. The van der Waals surface area contributed by atoms with Crippen LogP contribution in [-0.2, 0) is 10.0 Å². The highest BCUT2D eigenvalue weighted by atomic mass is 32.2. The van der Waals surface area contributed by atoms with Crippen LogP contribution in [0.15, 0.2) is 46.4 Å². The topological polar surface area (TPSA) is 140 Å². The van der Waals surface area contributed by atoms with Crippen LogP contribution in [0.5, 0.6) is 17.2 Å². The second-order valence-corrected chi connectivity index (χ2v) is 6.76. The third kappa shape index (κ3) is 4.85. The number of nitro groups is 1. The van der Waals surface area contributed by atoms with Gasteiger partial charge in [0, 0.05) is 11.6 Å². The molecule has 2 aromatic carbocycles. The maximum Gasteiger partial charge on any atom is 0.276 e. The number of hydrogen-bond donors (Lipinski definition) is 2. The molecule has 0 spiro atoms. The quantitative estimate of drug-likeness (QED) is 0.396. The molecule has 0 aromatic heterocycles. The number of rotatable bonds is 8. The van der Waals surface area contributed by atoms with Crippen molar-refractivity contribution in [3.63, 3.8) is 0 Å². The van der Waals surface area contributed by atoms with Gasteiger partial charge in [-0.15, -0.1) is 0 Å². The van der Waals surface area contributed by atoms with Gasteiger partial charge in [0.25, 0.3) is 15.7 Å². The highest BCUT2D eigenvalue weighted by molar-refractivity contribution is 7.89. The second-order valence-electron chi connectivity index (χ2n) is 5.10. The van der Waals surface area contributed by atoms with E-state index in [0.717, 1.165) is 18.3 Å². The minimum absolute atomic E-state index is 0.0519. The van der Waals surface area contributed by atoms with E-state index in [1.807, 2.05) is 4.83 Å². The van der Waals surface area contributed by atoms with Crippen LogP contribution in [0.4, 0.5) is 5.69 Å². The molecule has 2 aromatic rings. The lowest BCUT2D eigenvalue weighted by Crippen LogP contribution is -2.18. The summed E-state index contributed by atoms with van der Waals surface area (Å²) in [7, 11) is -2.74. The molecule has 0 atom stereocenters. The van der Waals surface area contributed by atoms with Crippen molar-refractivity contribution in [1.82, 2.24) is 4.83 Å². The SMILES string of the molecule is CCOc1ccc(S(=O)(=O)N/N=C/c2cc([N+](=O)[O-])cc(OC)c2O)cc1. The monoisotopic (exact) mass is 395 g/mol. The van der Waals surface area contributed by atoms with E-state index in [9.17, 15) is 23.6 Å². The van der Waals surface area contributed by atoms with Crippen molar-refractivity contribution < 1.29 is 27.9 Å². The minimum Gasteiger partial charge on any atom is -0.504 e. The molecule has 0 aliphatic carbocycles. The summed E-state index contributed by atoms with van der Waals surface area (Å²) in [5, 5.41) is 24.5. The molecule has 144 valence electrons. The summed E-state index contributed by atoms with van der Waals surface area (Å²) in [6.45, 7) is 2.25.